The summed E-state index contributed by atoms with van der Waals surface area (Å²) in [7, 11) is 0. The van der Waals surface area contributed by atoms with Gasteiger partial charge < -0.3 is 24.8 Å². The van der Waals surface area contributed by atoms with Crippen molar-refractivity contribution in [3.05, 3.63) is 23.8 Å². The van der Waals surface area contributed by atoms with E-state index in [0.29, 0.717) is 85.8 Å². The molecule has 4 aliphatic carbocycles. The highest BCUT2D eigenvalue weighted by Gasteiger charge is 2.62. The van der Waals surface area contributed by atoms with Gasteiger partial charge >= 0.3 is 11.9 Å². The van der Waals surface area contributed by atoms with Crippen LogP contribution in [0, 0.1) is 40.4 Å². The Morgan fingerprint density at radius 2 is 1.46 bits per heavy atom. The molecule has 4 aliphatic rings. The van der Waals surface area contributed by atoms with Crippen LogP contribution in [0.5, 0.6) is 11.5 Å². The van der Waals surface area contributed by atoms with Gasteiger partial charge in [0.05, 0.1) is 19.3 Å². The predicted octanol–water partition coefficient (Wildman–Crippen LogP) is 7.48. The minimum absolute atomic E-state index is 0.0138. The second-order valence-corrected chi connectivity index (χ2v) is 15.5. The SMILES string of the molecule is CC12CCC3C(C(CCCc4cc(OCCCCC(=O)O)cc(OCCCCC(=O)O)c4)CC4CC(=O)CCC43C)C1CCC2O. The van der Waals surface area contributed by atoms with Crippen molar-refractivity contribution in [2.45, 2.75) is 129 Å². The number of benzene rings is 1. The smallest absolute Gasteiger partial charge is 0.303 e. The molecular weight excluding hydrogens is 584 g/mol. The van der Waals surface area contributed by atoms with Gasteiger partial charge in [0.25, 0.3) is 0 Å². The van der Waals surface area contributed by atoms with Crippen molar-refractivity contribution in [3.63, 3.8) is 0 Å². The summed E-state index contributed by atoms with van der Waals surface area (Å²) >= 11 is 0. The molecule has 8 nitrogen and oxygen atoms in total. The maximum Gasteiger partial charge on any atom is 0.303 e. The number of aryl methyl sites for hydroxylation is 1. The van der Waals surface area contributed by atoms with E-state index in [0.717, 1.165) is 69.8 Å². The fourth-order valence-electron chi connectivity index (χ4n) is 10.1. The Balaban J connectivity index is 1.26. The van der Waals surface area contributed by atoms with Gasteiger partial charge in [0.1, 0.15) is 17.3 Å². The number of aliphatic carboxylic acids is 2. The molecule has 256 valence electrons. The molecule has 0 bridgehead atoms. The predicted molar refractivity (Wildman–Crippen MR) is 175 cm³/mol. The lowest BCUT2D eigenvalue weighted by molar-refractivity contribution is -0.156. The molecule has 5 rings (SSSR count). The summed E-state index contributed by atoms with van der Waals surface area (Å²) in [5.74, 6) is 3.08. The van der Waals surface area contributed by atoms with Crippen LogP contribution in [-0.4, -0.2) is 52.4 Å². The van der Waals surface area contributed by atoms with E-state index in [-0.39, 0.29) is 29.8 Å². The van der Waals surface area contributed by atoms with E-state index in [1.165, 1.54) is 6.42 Å². The third-order valence-corrected chi connectivity index (χ3v) is 12.7. The summed E-state index contributed by atoms with van der Waals surface area (Å²) in [4.78, 5) is 34.4. The highest BCUT2D eigenvalue weighted by atomic mass is 16.5. The first kappa shape index (κ1) is 34.7. The molecule has 8 atom stereocenters. The van der Waals surface area contributed by atoms with Gasteiger partial charge in [0.2, 0.25) is 0 Å². The minimum Gasteiger partial charge on any atom is -0.493 e. The number of aliphatic hydroxyl groups excluding tert-OH is 1. The molecule has 3 N–H and O–H groups in total. The standard InChI is InChI=1S/C38H56O8/c1-37-16-14-28(39)23-27(37)22-26(36-31-12-13-33(40)38(31,2)17-15-32(36)37)9-7-8-25-20-29(45-18-5-3-10-34(41)42)24-30(21-25)46-19-6-4-11-35(43)44/h20-21,24,26-27,31-33,36,40H,3-19,22-23H2,1-2H3,(H,41,42)(H,43,44). The number of carboxylic acid groups (broad SMARTS) is 2. The molecule has 0 spiro atoms. The Kier molecular flexibility index (Phi) is 11.4. The highest BCUT2D eigenvalue weighted by molar-refractivity contribution is 5.79. The first-order valence-electron chi connectivity index (χ1n) is 18.0. The zero-order valence-electron chi connectivity index (χ0n) is 28.0. The van der Waals surface area contributed by atoms with Crippen LogP contribution in [0.2, 0.25) is 0 Å². The van der Waals surface area contributed by atoms with Crippen molar-refractivity contribution in [3.8, 4) is 11.5 Å². The van der Waals surface area contributed by atoms with Crippen molar-refractivity contribution in [2.24, 2.45) is 40.4 Å². The number of ether oxygens (including phenoxy) is 2. The van der Waals surface area contributed by atoms with Crippen LogP contribution >= 0.6 is 0 Å². The van der Waals surface area contributed by atoms with Crippen LogP contribution in [0.1, 0.15) is 122 Å². The zero-order chi connectivity index (χ0) is 32.9. The average Bonchev–Trinajstić information content (AvgIpc) is 3.31. The second-order valence-electron chi connectivity index (χ2n) is 15.5. The number of hydrogen-bond acceptors (Lipinski definition) is 6. The summed E-state index contributed by atoms with van der Waals surface area (Å²) in [6, 6.07) is 6.01. The molecule has 1 aromatic rings. The first-order valence-corrected chi connectivity index (χ1v) is 18.0. The number of carboxylic acids is 2. The highest BCUT2D eigenvalue weighted by Crippen LogP contribution is 2.67. The molecule has 4 fully saturated rings. The van der Waals surface area contributed by atoms with Gasteiger partial charge in [-0.2, -0.15) is 0 Å². The average molecular weight is 641 g/mol. The molecule has 0 saturated heterocycles. The number of ketones is 1. The number of unbranched alkanes of at least 4 members (excludes halogenated alkanes) is 2. The third-order valence-electron chi connectivity index (χ3n) is 12.7. The molecule has 4 saturated carbocycles. The van der Waals surface area contributed by atoms with Gasteiger partial charge in [-0.05, 0) is 142 Å². The van der Waals surface area contributed by atoms with Crippen LogP contribution in [0.15, 0.2) is 18.2 Å². The number of carbonyl (C=O) groups is 3. The molecule has 46 heavy (non-hydrogen) atoms. The van der Waals surface area contributed by atoms with E-state index < -0.39 is 11.9 Å². The van der Waals surface area contributed by atoms with Gasteiger partial charge in [0.15, 0.2) is 0 Å². The summed E-state index contributed by atoms with van der Waals surface area (Å²) in [5, 5.41) is 28.9. The number of carbonyl (C=O) groups excluding carboxylic acids is 1. The van der Waals surface area contributed by atoms with E-state index in [2.05, 4.69) is 26.0 Å². The molecule has 0 radical (unpaired) electrons. The molecule has 1 aromatic carbocycles. The Labute approximate surface area is 274 Å². The maximum absolute atomic E-state index is 12.6. The zero-order valence-corrected chi connectivity index (χ0v) is 28.0. The Hall–Kier alpha value is -2.61. The van der Waals surface area contributed by atoms with E-state index in [9.17, 15) is 19.5 Å². The molecule has 8 unspecified atom stereocenters. The number of hydrogen-bond donors (Lipinski definition) is 3. The lowest BCUT2D eigenvalue weighted by Gasteiger charge is -2.62. The van der Waals surface area contributed by atoms with E-state index in [4.69, 9.17) is 19.7 Å². The molecule has 8 heteroatoms. The normalized spacial score (nSPS) is 33.5. The third kappa shape index (κ3) is 7.91. The van der Waals surface area contributed by atoms with Gasteiger partial charge in [0, 0.05) is 31.7 Å². The number of fused-ring (bicyclic) bond motifs is 5. The summed E-state index contributed by atoms with van der Waals surface area (Å²) in [6.07, 6.45) is 13.4. The van der Waals surface area contributed by atoms with Crippen LogP contribution in [0.25, 0.3) is 0 Å². The van der Waals surface area contributed by atoms with Crippen LogP contribution < -0.4 is 9.47 Å². The summed E-state index contributed by atoms with van der Waals surface area (Å²) < 4.78 is 12.1. The second kappa shape index (κ2) is 15.1. The van der Waals surface area contributed by atoms with Crippen molar-refractivity contribution in [1.29, 1.82) is 0 Å². The van der Waals surface area contributed by atoms with Crippen LogP contribution in [-0.2, 0) is 20.8 Å². The van der Waals surface area contributed by atoms with E-state index >= 15 is 0 Å². The van der Waals surface area contributed by atoms with E-state index in [1.807, 2.05) is 6.07 Å². The first-order chi connectivity index (χ1) is 22.0. The number of rotatable bonds is 16. The molecule has 0 aromatic heterocycles. The quantitative estimate of drug-likeness (QED) is 0.159. The molecular formula is C38H56O8. The Morgan fingerprint density at radius 3 is 2.09 bits per heavy atom. The van der Waals surface area contributed by atoms with E-state index in [1.54, 1.807) is 0 Å². The van der Waals surface area contributed by atoms with Crippen molar-refractivity contribution in [1.82, 2.24) is 0 Å². The van der Waals surface area contributed by atoms with Crippen molar-refractivity contribution < 1.29 is 39.2 Å². The van der Waals surface area contributed by atoms with Crippen LogP contribution in [0.3, 0.4) is 0 Å². The fraction of sp³-hybridized carbons (Fsp3) is 0.763. The van der Waals surface area contributed by atoms with Gasteiger partial charge in [-0.3, -0.25) is 14.4 Å². The largest absolute Gasteiger partial charge is 0.493 e. The number of aliphatic hydroxyl groups is 1. The van der Waals surface area contributed by atoms with Gasteiger partial charge in [-0.25, -0.2) is 0 Å². The van der Waals surface area contributed by atoms with Crippen LogP contribution in [0.4, 0.5) is 0 Å². The summed E-state index contributed by atoms with van der Waals surface area (Å²) in [6.45, 7) is 5.70. The van der Waals surface area contributed by atoms with Gasteiger partial charge in [-0.15, -0.1) is 0 Å². The lowest BCUT2D eigenvalue weighted by Crippen LogP contribution is -2.57. The lowest BCUT2D eigenvalue weighted by atomic mass is 9.42. The minimum atomic E-state index is -0.799. The van der Waals surface area contributed by atoms with Gasteiger partial charge in [-0.1, -0.05) is 13.8 Å². The molecule has 0 aliphatic heterocycles. The Morgan fingerprint density at radius 1 is 0.826 bits per heavy atom. The molecule has 0 heterocycles. The fourth-order valence-corrected chi connectivity index (χ4v) is 10.1. The van der Waals surface area contributed by atoms with Crippen molar-refractivity contribution in [2.75, 3.05) is 13.2 Å². The summed E-state index contributed by atoms with van der Waals surface area (Å²) in [5.41, 5.74) is 1.38. The topological polar surface area (TPSA) is 130 Å². The maximum atomic E-state index is 12.6. The van der Waals surface area contributed by atoms with Crippen molar-refractivity contribution >= 4 is 17.7 Å². The molecule has 0 amide bonds. The Bertz CT molecular complexity index is 1190. The number of Topliss-reactive ketones (excluding diaryl/α,β-unsaturated/α-hetero) is 1. The monoisotopic (exact) mass is 640 g/mol.